The van der Waals surface area contributed by atoms with E-state index in [1.807, 2.05) is 45.0 Å². The van der Waals surface area contributed by atoms with Gasteiger partial charge in [-0.1, -0.05) is 71.2 Å². The van der Waals surface area contributed by atoms with Gasteiger partial charge in [-0.15, -0.1) is 0 Å². The Morgan fingerprint density at radius 3 is 2.39 bits per heavy atom. The third-order valence-electron chi connectivity index (χ3n) is 5.79. The van der Waals surface area contributed by atoms with Crippen molar-refractivity contribution >= 4 is 29.2 Å². The van der Waals surface area contributed by atoms with Crippen LogP contribution in [0.2, 0.25) is 5.02 Å². The number of benzene rings is 1. The molecule has 1 atom stereocenters. The Balaban J connectivity index is 2.30. The number of carbonyl (C=O) groups is 2. The van der Waals surface area contributed by atoms with E-state index in [0.717, 1.165) is 31.4 Å². The van der Waals surface area contributed by atoms with Crippen molar-refractivity contribution in [2.75, 3.05) is 11.9 Å². The van der Waals surface area contributed by atoms with Crippen LogP contribution in [-0.4, -0.2) is 39.1 Å². The lowest BCUT2D eigenvalue weighted by molar-refractivity contribution is -0.140. The SMILES string of the molecule is CCCCC(CC)C(=O)N(CC(=O)Nc1cc(C(C)(C)C)nn1-c1ccccc1Cl)C(C)C. The van der Waals surface area contributed by atoms with Crippen molar-refractivity contribution < 1.29 is 9.59 Å². The van der Waals surface area contributed by atoms with Crippen LogP contribution in [-0.2, 0) is 15.0 Å². The molecule has 0 saturated heterocycles. The zero-order chi connectivity index (χ0) is 24.8. The molecular weight excluding hydrogens is 436 g/mol. The van der Waals surface area contributed by atoms with Crippen molar-refractivity contribution in [3.8, 4) is 5.69 Å². The van der Waals surface area contributed by atoms with E-state index in [1.165, 1.54) is 0 Å². The molecule has 182 valence electrons. The van der Waals surface area contributed by atoms with Crippen LogP contribution in [0.5, 0.6) is 0 Å². The fraction of sp³-hybridized carbons (Fsp3) is 0.577. The summed E-state index contributed by atoms with van der Waals surface area (Å²) in [6, 6.07) is 9.19. The van der Waals surface area contributed by atoms with Gasteiger partial charge in [0.05, 0.1) is 16.4 Å². The summed E-state index contributed by atoms with van der Waals surface area (Å²) in [4.78, 5) is 28.0. The topological polar surface area (TPSA) is 67.2 Å². The lowest BCUT2D eigenvalue weighted by Gasteiger charge is -2.30. The van der Waals surface area contributed by atoms with Crippen molar-refractivity contribution in [3.05, 3.63) is 41.0 Å². The molecule has 1 aromatic carbocycles. The zero-order valence-corrected chi connectivity index (χ0v) is 21.9. The second-order valence-corrected chi connectivity index (χ2v) is 10.3. The fourth-order valence-corrected chi connectivity index (χ4v) is 3.90. The number of unbranched alkanes of at least 4 members (excludes halogenated alkanes) is 1. The predicted molar refractivity (Wildman–Crippen MR) is 136 cm³/mol. The first-order chi connectivity index (χ1) is 15.5. The molecule has 0 aliphatic heterocycles. The molecule has 1 unspecified atom stereocenters. The molecule has 0 bridgehead atoms. The Bertz CT molecular complexity index is 946. The molecule has 1 heterocycles. The number of carbonyl (C=O) groups excluding carboxylic acids is 2. The smallest absolute Gasteiger partial charge is 0.245 e. The highest BCUT2D eigenvalue weighted by Crippen LogP contribution is 2.29. The summed E-state index contributed by atoms with van der Waals surface area (Å²) in [5.74, 6) is 0.274. The maximum atomic E-state index is 13.2. The first-order valence-corrected chi connectivity index (χ1v) is 12.3. The van der Waals surface area contributed by atoms with Crippen LogP contribution >= 0.6 is 11.6 Å². The van der Waals surface area contributed by atoms with Crippen LogP contribution in [0.3, 0.4) is 0 Å². The number of rotatable bonds is 10. The lowest BCUT2D eigenvalue weighted by atomic mass is 9.92. The summed E-state index contributed by atoms with van der Waals surface area (Å²) < 4.78 is 1.67. The normalized spacial score (nSPS) is 12.6. The molecule has 1 aromatic heterocycles. The van der Waals surface area contributed by atoms with Crippen LogP contribution in [0.4, 0.5) is 5.82 Å². The Kier molecular flexibility index (Phi) is 9.53. The predicted octanol–water partition coefficient (Wildman–Crippen LogP) is 6.22. The Morgan fingerprint density at radius 1 is 1.18 bits per heavy atom. The average Bonchev–Trinajstić information content (AvgIpc) is 3.16. The highest BCUT2D eigenvalue weighted by molar-refractivity contribution is 6.32. The highest BCUT2D eigenvalue weighted by atomic mass is 35.5. The fourth-order valence-electron chi connectivity index (χ4n) is 3.68. The molecular formula is C26H39ClN4O2. The van der Waals surface area contributed by atoms with Gasteiger partial charge in [0.15, 0.2) is 0 Å². The van der Waals surface area contributed by atoms with E-state index >= 15 is 0 Å². The number of anilines is 1. The molecule has 33 heavy (non-hydrogen) atoms. The van der Waals surface area contributed by atoms with Gasteiger partial charge in [-0.05, 0) is 38.8 Å². The molecule has 0 spiro atoms. The van der Waals surface area contributed by atoms with E-state index in [2.05, 4.69) is 33.0 Å². The van der Waals surface area contributed by atoms with Gasteiger partial charge in [-0.3, -0.25) is 9.59 Å². The quantitative estimate of drug-likeness (QED) is 0.444. The van der Waals surface area contributed by atoms with E-state index in [1.54, 1.807) is 15.6 Å². The number of hydrogen-bond acceptors (Lipinski definition) is 3. The monoisotopic (exact) mass is 474 g/mol. The van der Waals surface area contributed by atoms with Gasteiger partial charge >= 0.3 is 0 Å². The summed E-state index contributed by atoms with van der Waals surface area (Å²) in [5, 5.41) is 8.24. The van der Waals surface area contributed by atoms with Gasteiger partial charge in [0.1, 0.15) is 12.4 Å². The Labute approximate surface area is 203 Å². The molecule has 7 heteroatoms. The van der Waals surface area contributed by atoms with E-state index in [0.29, 0.717) is 16.5 Å². The van der Waals surface area contributed by atoms with Crippen LogP contribution in [0.25, 0.3) is 5.69 Å². The van der Waals surface area contributed by atoms with E-state index in [9.17, 15) is 9.59 Å². The maximum Gasteiger partial charge on any atom is 0.245 e. The number of para-hydroxylation sites is 1. The van der Waals surface area contributed by atoms with Crippen molar-refractivity contribution in [1.82, 2.24) is 14.7 Å². The molecule has 0 aliphatic rings. The van der Waals surface area contributed by atoms with Crippen molar-refractivity contribution in [3.63, 3.8) is 0 Å². The van der Waals surface area contributed by atoms with Gasteiger partial charge in [0.2, 0.25) is 11.8 Å². The minimum absolute atomic E-state index is 0.00230. The van der Waals surface area contributed by atoms with Crippen molar-refractivity contribution in [2.45, 2.75) is 85.6 Å². The molecule has 0 aliphatic carbocycles. The summed E-state index contributed by atoms with van der Waals surface area (Å²) in [6.07, 6.45) is 3.69. The first kappa shape index (κ1) is 26.9. The van der Waals surface area contributed by atoms with Gasteiger partial charge in [-0.2, -0.15) is 5.10 Å². The van der Waals surface area contributed by atoms with Gasteiger partial charge in [0, 0.05) is 23.4 Å². The zero-order valence-electron chi connectivity index (χ0n) is 21.1. The third-order valence-corrected chi connectivity index (χ3v) is 6.11. The lowest BCUT2D eigenvalue weighted by Crippen LogP contribution is -2.45. The van der Waals surface area contributed by atoms with Crippen molar-refractivity contribution in [1.29, 1.82) is 0 Å². The molecule has 6 nitrogen and oxygen atoms in total. The third kappa shape index (κ3) is 7.07. The number of amides is 2. The number of nitrogens with one attached hydrogen (secondary N) is 1. The summed E-state index contributed by atoms with van der Waals surface area (Å²) in [7, 11) is 0. The second-order valence-electron chi connectivity index (χ2n) is 9.88. The first-order valence-electron chi connectivity index (χ1n) is 11.9. The average molecular weight is 475 g/mol. The molecule has 0 fully saturated rings. The molecule has 0 saturated carbocycles. The largest absolute Gasteiger partial charge is 0.331 e. The van der Waals surface area contributed by atoms with Crippen molar-refractivity contribution in [2.24, 2.45) is 5.92 Å². The van der Waals surface area contributed by atoms with Crippen LogP contribution in [0.15, 0.2) is 30.3 Å². The van der Waals surface area contributed by atoms with E-state index in [-0.39, 0.29) is 35.7 Å². The Morgan fingerprint density at radius 2 is 1.85 bits per heavy atom. The van der Waals surface area contributed by atoms with E-state index in [4.69, 9.17) is 16.7 Å². The molecule has 2 rings (SSSR count). The van der Waals surface area contributed by atoms with Crippen LogP contribution < -0.4 is 5.32 Å². The molecule has 2 amide bonds. The van der Waals surface area contributed by atoms with Gasteiger partial charge in [-0.25, -0.2) is 4.68 Å². The summed E-state index contributed by atoms with van der Waals surface area (Å²) >= 11 is 6.42. The standard InChI is InChI=1S/C26H39ClN4O2/c1-8-10-13-19(9-2)25(33)30(18(3)4)17-24(32)28-23-16-22(26(5,6)7)29-31(23)21-15-12-11-14-20(21)27/h11-12,14-16,18-19H,8-10,13,17H2,1-7H3,(H,28,32). The summed E-state index contributed by atoms with van der Waals surface area (Å²) in [6.45, 7) is 14.3. The minimum Gasteiger partial charge on any atom is -0.331 e. The Hall–Kier alpha value is -2.34. The maximum absolute atomic E-state index is 13.2. The number of aromatic nitrogens is 2. The molecule has 2 aromatic rings. The van der Waals surface area contributed by atoms with Gasteiger partial charge < -0.3 is 10.2 Å². The van der Waals surface area contributed by atoms with Gasteiger partial charge in [0.25, 0.3) is 0 Å². The second kappa shape index (κ2) is 11.7. The number of hydrogen-bond donors (Lipinski definition) is 1. The molecule has 0 radical (unpaired) electrons. The minimum atomic E-state index is -0.254. The molecule has 1 N–H and O–H groups in total. The highest BCUT2D eigenvalue weighted by Gasteiger charge is 2.27. The van der Waals surface area contributed by atoms with Crippen LogP contribution in [0.1, 0.15) is 79.8 Å². The van der Waals surface area contributed by atoms with E-state index < -0.39 is 0 Å². The number of halogens is 1. The number of nitrogens with zero attached hydrogens (tertiary/aromatic N) is 3. The van der Waals surface area contributed by atoms with Crippen LogP contribution in [0, 0.1) is 5.92 Å². The summed E-state index contributed by atoms with van der Waals surface area (Å²) in [5.41, 5.74) is 1.31.